The smallest absolute Gasteiger partial charge is 0.181 e. The van der Waals surface area contributed by atoms with E-state index in [2.05, 4.69) is 22.1 Å². The molecule has 146 valence electrons. The molecule has 2 aromatic carbocycles. The molecule has 1 unspecified atom stereocenters. The Morgan fingerprint density at radius 3 is 2.62 bits per heavy atom. The average Bonchev–Trinajstić information content (AvgIpc) is 3.12. The van der Waals surface area contributed by atoms with Crippen molar-refractivity contribution in [2.45, 2.75) is 25.3 Å². The standard InChI is InChI=1S/C21H18F2N6/c22-15-8-13(9-16(24)18(15)23)19-17-20(25)26-10-27-21(17)29(28-19)14-6-5-11-3-1-2-4-12(11)7-14/h1-4,8-10,14H,5-7,24H2,(H2,25,26,27). The number of nitrogens with zero attached hydrogens (tertiary/aromatic N) is 4. The maximum absolute atomic E-state index is 14.0. The molecule has 0 fully saturated rings. The van der Waals surface area contributed by atoms with E-state index in [9.17, 15) is 8.78 Å². The van der Waals surface area contributed by atoms with Crippen molar-refractivity contribution in [2.75, 3.05) is 11.5 Å². The summed E-state index contributed by atoms with van der Waals surface area (Å²) in [7, 11) is 0. The summed E-state index contributed by atoms with van der Waals surface area (Å²) in [5.41, 5.74) is 15.4. The van der Waals surface area contributed by atoms with Crippen LogP contribution in [0.25, 0.3) is 22.3 Å². The van der Waals surface area contributed by atoms with Crippen LogP contribution < -0.4 is 11.5 Å². The number of nitrogens with two attached hydrogens (primary N) is 2. The van der Waals surface area contributed by atoms with E-state index in [4.69, 9.17) is 16.6 Å². The lowest BCUT2D eigenvalue weighted by Crippen LogP contribution is -2.20. The Hall–Kier alpha value is -3.55. The number of rotatable bonds is 2. The highest BCUT2D eigenvalue weighted by molar-refractivity contribution is 5.98. The molecule has 0 amide bonds. The molecular weight excluding hydrogens is 374 g/mol. The van der Waals surface area contributed by atoms with Crippen LogP contribution in [0.1, 0.15) is 23.6 Å². The molecule has 0 spiro atoms. The first-order valence-corrected chi connectivity index (χ1v) is 9.33. The second-order valence-electron chi connectivity index (χ2n) is 7.28. The van der Waals surface area contributed by atoms with Gasteiger partial charge in [0, 0.05) is 5.56 Å². The van der Waals surface area contributed by atoms with Gasteiger partial charge in [-0.25, -0.2) is 23.4 Å². The molecule has 6 nitrogen and oxygen atoms in total. The maximum Gasteiger partial charge on any atom is 0.181 e. The van der Waals surface area contributed by atoms with E-state index in [0.29, 0.717) is 22.3 Å². The van der Waals surface area contributed by atoms with Gasteiger partial charge in [0.1, 0.15) is 17.8 Å². The summed E-state index contributed by atoms with van der Waals surface area (Å²) < 4.78 is 29.5. The zero-order valence-corrected chi connectivity index (χ0v) is 15.4. The highest BCUT2D eigenvalue weighted by atomic mass is 19.2. The first-order valence-electron chi connectivity index (χ1n) is 9.33. The molecule has 1 aliphatic rings. The van der Waals surface area contributed by atoms with Crippen molar-refractivity contribution in [3.63, 3.8) is 0 Å². The molecule has 5 rings (SSSR count). The van der Waals surface area contributed by atoms with E-state index in [1.165, 1.54) is 23.5 Å². The summed E-state index contributed by atoms with van der Waals surface area (Å²) in [5, 5.41) is 5.23. The van der Waals surface area contributed by atoms with E-state index in [0.717, 1.165) is 25.3 Å². The van der Waals surface area contributed by atoms with Gasteiger partial charge in [-0.1, -0.05) is 24.3 Å². The Labute approximate surface area is 165 Å². The van der Waals surface area contributed by atoms with Gasteiger partial charge in [0.05, 0.1) is 17.1 Å². The van der Waals surface area contributed by atoms with Crippen molar-refractivity contribution >= 4 is 22.5 Å². The molecule has 0 saturated heterocycles. The summed E-state index contributed by atoms with van der Waals surface area (Å²) >= 11 is 0. The maximum atomic E-state index is 14.0. The molecule has 0 saturated carbocycles. The molecule has 4 aromatic rings. The monoisotopic (exact) mass is 392 g/mol. The predicted octanol–water partition coefficient (Wildman–Crippen LogP) is 3.67. The highest BCUT2D eigenvalue weighted by Gasteiger charge is 2.26. The summed E-state index contributed by atoms with van der Waals surface area (Å²) in [6, 6.07) is 10.8. The van der Waals surface area contributed by atoms with Crippen LogP contribution in [-0.4, -0.2) is 19.7 Å². The number of fused-ring (bicyclic) bond motifs is 2. The highest BCUT2D eigenvalue weighted by Crippen LogP contribution is 2.36. The fourth-order valence-corrected chi connectivity index (χ4v) is 4.09. The molecular formula is C21H18F2N6. The third-order valence-electron chi connectivity index (χ3n) is 5.51. The Bertz CT molecular complexity index is 1230. The van der Waals surface area contributed by atoms with Crippen molar-refractivity contribution in [2.24, 2.45) is 0 Å². The Morgan fingerprint density at radius 1 is 1.03 bits per heavy atom. The Kier molecular flexibility index (Phi) is 3.94. The van der Waals surface area contributed by atoms with Crippen LogP contribution in [0.2, 0.25) is 0 Å². The molecule has 1 atom stereocenters. The molecule has 8 heteroatoms. The first-order chi connectivity index (χ1) is 14.0. The minimum Gasteiger partial charge on any atom is -0.396 e. The van der Waals surface area contributed by atoms with Gasteiger partial charge in [0.15, 0.2) is 17.3 Å². The Morgan fingerprint density at radius 2 is 1.83 bits per heavy atom. The van der Waals surface area contributed by atoms with Crippen LogP contribution in [0.3, 0.4) is 0 Å². The van der Waals surface area contributed by atoms with Crippen LogP contribution >= 0.6 is 0 Å². The minimum absolute atomic E-state index is 0.0677. The van der Waals surface area contributed by atoms with Gasteiger partial charge in [0.25, 0.3) is 0 Å². The normalized spacial score (nSPS) is 16.1. The molecule has 0 bridgehead atoms. The summed E-state index contributed by atoms with van der Waals surface area (Å²) in [6.07, 6.45) is 4.00. The lowest BCUT2D eigenvalue weighted by Gasteiger charge is -2.25. The number of aryl methyl sites for hydroxylation is 1. The SMILES string of the molecule is Nc1cc(-c2nn(C3CCc4ccccc4C3)c3ncnc(N)c23)cc(F)c1F. The van der Waals surface area contributed by atoms with Crippen molar-refractivity contribution in [1.82, 2.24) is 19.7 Å². The van der Waals surface area contributed by atoms with E-state index >= 15 is 0 Å². The molecule has 2 heterocycles. The quantitative estimate of drug-likeness (QED) is 0.508. The zero-order valence-electron chi connectivity index (χ0n) is 15.4. The van der Waals surface area contributed by atoms with Gasteiger partial charge in [-0.15, -0.1) is 0 Å². The molecule has 4 N–H and O–H groups in total. The first kappa shape index (κ1) is 17.5. The fraction of sp³-hybridized carbons (Fsp3) is 0.190. The summed E-state index contributed by atoms with van der Waals surface area (Å²) in [6.45, 7) is 0. The number of nitrogen functional groups attached to an aromatic ring is 2. The van der Waals surface area contributed by atoms with Gasteiger partial charge in [0.2, 0.25) is 0 Å². The minimum atomic E-state index is -1.08. The van der Waals surface area contributed by atoms with E-state index < -0.39 is 11.6 Å². The predicted molar refractivity (Wildman–Crippen MR) is 107 cm³/mol. The summed E-state index contributed by atoms with van der Waals surface area (Å²) in [5.74, 6) is -1.88. The van der Waals surface area contributed by atoms with Gasteiger partial charge in [-0.05, 0) is 42.5 Å². The lowest BCUT2D eigenvalue weighted by atomic mass is 9.88. The second kappa shape index (κ2) is 6.51. The van der Waals surface area contributed by atoms with Gasteiger partial charge in [-0.2, -0.15) is 5.10 Å². The van der Waals surface area contributed by atoms with Crippen LogP contribution in [0, 0.1) is 11.6 Å². The van der Waals surface area contributed by atoms with Gasteiger partial charge in [-0.3, -0.25) is 0 Å². The molecule has 29 heavy (non-hydrogen) atoms. The van der Waals surface area contributed by atoms with Crippen molar-refractivity contribution in [1.29, 1.82) is 0 Å². The number of anilines is 2. The van der Waals surface area contributed by atoms with Crippen molar-refractivity contribution < 1.29 is 8.78 Å². The molecule has 0 aliphatic heterocycles. The summed E-state index contributed by atoms with van der Waals surface area (Å²) in [4.78, 5) is 8.46. The lowest BCUT2D eigenvalue weighted by molar-refractivity contribution is 0.415. The number of halogens is 2. The molecule has 1 aliphatic carbocycles. The number of benzene rings is 2. The largest absolute Gasteiger partial charge is 0.396 e. The van der Waals surface area contributed by atoms with Crippen molar-refractivity contribution in [3.8, 4) is 11.3 Å². The van der Waals surface area contributed by atoms with E-state index in [1.54, 1.807) is 0 Å². The van der Waals surface area contributed by atoms with Crippen LogP contribution in [-0.2, 0) is 12.8 Å². The molecule has 2 aromatic heterocycles. The average molecular weight is 392 g/mol. The number of aromatic nitrogens is 4. The fourth-order valence-electron chi connectivity index (χ4n) is 4.09. The Balaban J connectivity index is 1.68. The number of hydrogen-bond acceptors (Lipinski definition) is 5. The van der Waals surface area contributed by atoms with Gasteiger partial charge < -0.3 is 11.5 Å². The van der Waals surface area contributed by atoms with Crippen molar-refractivity contribution in [3.05, 3.63) is 65.5 Å². The van der Waals surface area contributed by atoms with Crippen LogP contribution in [0.5, 0.6) is 0 Å². The zero-order chi connectivity index (χ0) is 20.1. The van der Waals surface area contributed by atoms with Gasteiger partial charge >= 0.3 is 0 Å². The van der Waals surface area contributed by atoms with Crippen LogP contribution in [0.4, 0.5) is 20.3 Å². The molecule has 0 radical (unpaired) electrons. The topological polar surface area (TPSA) is 95.6 Å². The van der Waals surface area contributed by atoms with E-state index in [1.807, 2.05) is 16.8 Å². The van der Waals surface area contributed by atoms with E-state index in [-0.39, 0.29) is 17.5 Å². The second-order valence-corrected chi connectivity index (χ2v) is 7.28. The third-order valence-corrected chi connectivity index (χ3v) is 5.51. The van der Waals surface area contributed by atoms with Crippen LogP contribution in [0.15, 0.2) is 42.7 Å². The third kappa shape index (κ3) is 2.79. The number of hydrogen-bond donors (Lipinski definition) is 2.